The van der Waals surface area contributed by atoms with Crippen molar-refractivity contribution in [3.63, 3.8) is 0 Å². The molecule has 2 unspecified atom stereocenters. The molecule has 6 nitrogen and oxygen atoms in total. The Hall–Kier alpha value is -2.55. The van der Waals surface area contributed by atoms with Crippen molar-refractivity contribution >= 4 is 11.9 Å². The third-order valence-corrected chi connectivity index (χ3v) is 4.29. The summed E-state index contributed by atoms with van der Waals surface area (Å²) >= 11 is 0. The van der Waals surface area contributed by atoms with E-state index in [9.17, 15) is 20.0 Å². The van der Waals surface area contributed by atoms with Gasteiger partial charge in [-0.15, -0.1) is 0 Å². The Bertz CT molecular complexity index is 623. The highest BCUT2D eigenvalue weighted by atomic mass is 16.5. The maximum Gasteiger partial charge on any atom is 0.307 e. The molecule has 1 aliphatic rings. The summed E-state index contributed by atoms with van der Waals surface area (Å²) in [5.41, 5.74) is 0.563. The minimum Gasteiger partial charge on any atom is -0.496 e. The minimum atomic E-state index is -0.948. The van der Waals surface area contributed by atoms with Crippen molar-refractivity contribution in [1.82, 2.24) is 5.32 Å². The summed E-state index contributed by atoms with van der Waals surface area (Å²) in [6.45, 7) is 0. The molecule has 0 spiro atoms. The number of benzene rings is 1. The lowest BCUT2D eigenvalue weighted by Crippen LogP contribution is -2.41. The van der Waals surface area contributed by atoms with E-state index in [2.05, 4.69) is 5.32 Å². The second-order valence-corrected chi connectivity index (χ2v) is 5.65. The lowest BCUT2D eigenvalue weighted by atomic mass is 9.78. The van der Waals surface area contributed by atoms with E-state index in [1.165, 1.54) is 7.11 Å². The van der Waals surface area contributed by atoms with Crippen molar-refractivity contribution in [3.8, 4) is 11.8 Å². The zero-order valence-electron chi connectivity index (χ0n) is 13.0. The van der Waals surface area contributed by atoms with Crippen LogP contribution in [0.3, 0.4) is 0 Å². The quantitative estimate of drug-likeness (QED) is 0.868. The molecule has 1 aliphatic carbocycles. The van der Waals surface area contributed by atoms with Gasteiger partial charge in [-0.05, 0) is 18.9 Å². The molecule has 2 N–H and O–H groups in total. The van der Waals surface area contributed by atoms with Crippen molar-refractivity contribution in [1.29, 1.82) is 5.26 Å². The van der Waals surface area contributed by atoms with Gasteiger partial charge in [0.25, 0.3) is 0 Å². The number of nitrogens with one attached hydrogen (secondary N) is 1. The number of methoxy groups -OCH3 is 1. The molecule has 0 radical (unpaired) electrons. The Kier molecular flexibility index (Phi) is 5.58. The number of para-hydroxylation sites is 1. The van der Waals surface area contributed by atoms with E-state index in [0.717, 1.165) is 12.8 Å². The number of hydrogen-bond donors (Lipinski definition) is 2. The lowest BCUT2D eigenvalue weighted by Gasteiger charge is -2.28. The van der Waals surface area contributed by atoms with Crippen molar-refractivity contribution in [2.24, 2.45) is 11.8 Å². The molecule has 6 heteroatoms. The Morgan fingerprint density at radius 2 is 1.96 bits per heavy atom. The number of amides is 1. The van der Waals surface area contributed by atoms with Crippen LogP contribution in [0, 0.1) is 23.2 Å². The van der Waals surface area contributed by atoms with Gasteiger partial charge in [0.1, 0.15) is 11.8 Å². The zero-order chi connectivity index (χ0) is 16.8. The van der Waals surface area contributed by atoms with Gasteiger partial charge in [-0.25, -0.2) is 0 Å². The van der Waals surface area contributed by atoms with Crippen molar-refractivity contribution in [2.45, 2.75) is 31.7 Å². The molecule has 122 valence electrons. The van der Waals surface area contributed by atoms with E-state index < -0.39 is 23.8 Å². The molecule has 0 aromatic heterocycles. The van der Waals surface area contributed by atoms with Gasteiger partial charge >= 0.3 is 5.97 Å². The van der Waals surface area contributed by atoms with Crippen LogP contribution in [0.25, 0.3) is 0 Å². The van der Waals surface area contributed by atoms with Gasteiger partial charge in [-0.3, -0.25) is 9.59 Å². The van der Waals surface area contributed by atoms with Gasteiger partial charge in [0.2, 0.25) is 5.91 Å². The largest absolute Gasteiger partial charge is 0.496 e. The number of hydrogen-bond acceptors (Lipinski definition) is 4. The number of nitriles is 1. The summed E-state index contributed by atoms with van der Waals surface area (Å²) in [6.07, 6.45) is 2.68. The van der Waals surface area contributed by atoms with Crippen LogP contribution in [-0.2, 0) is 9.59 Å². The SMILES string of the molecule is COc1ccccc1[C@H](C#N)NC(=O)C1CCCCC1C(=O)O. The number of carboxylic acids is 1. The van der Waals surface area contributed by atoms with Gasteiger partial charge in [-0.1, -0.05) is 31.0 Å². The van der Waals surface area contributed by atoms with Gasteiger partial charge in [0.15, 0.2) is 0 Å². The van der Waals surface area contributed by atoms with Gasteiger partial charge in [0, 0.05) is 5.56 Å². The Morgan fingerprint density at radius 3 is 2.57 bits per heavy atom. The van der Waals surface area contributed by atoms with Crippen molar-refractivity contribution in [2.75, 3.05) is 7.11 Å². The molecular weight excluding hydrogens is 296 g/mol. The summed E-state index contributed by atoms with van der Waals surface area (Å²) in [6, 6.07) is 8.14. The van der Waals surface area contributed by atoms with E-state index in [4.69, 9.17) is 4.74 Å². The van der Waals surface area contributed by atoms with Crippen molar-refractivity contribution in [3.05, 3.63) is 29.8 Å². The van der Waals surface area contributed by atoms with Crippen LogP contribution in [0.4, 0.5) is 0 Å². The molecule has 1 fully saturated rings. The monoisotopic (exact) mass is 316 g/mol. The number of aliphatic carboxylic acids is 1. The smallest absolute Gasteiger partial charge is 0.307 e. The molecule has 0 aliphatic heterocycles. The van der Waals surface area contributed by atoms with Crippen LogP contribution < -0.4 is 10.1 Å². The van der Waals surface area contributed by atoms with Crippen LogP contribution >= 0.6 is 0 Å². The van der Waals surface area contributed by atoms with E-state index in [1.54, 1.807) is 24.3 Å². The van der Waals surface area contributed by atoms with E-state index >= 15 is 0 Å². The maximum atomic E-state index is 12.5. The molecule has 0 heterocycles. The number of carbonyl (C=O) groups is 2. The predicted octanol–water partition coefficient (Wildman–Crippen LogP) is 2.27. The number of rotatable bonds is 5. The van der Waals surface area contributed by atoms with Crippen LogP contribution in [0.15, 0.2) is 24.3 Å². The number of ether oxygens (including phenoxy) is 1. The number of nitrogens with zero attached hydrogens (tertiary/aromatic N) is 1. The third kappa shape index (κ3) is 3.81. The topological polar surface area (TPSA) is 99.4 Å². The fourth-order valence-electron chi connectivity index (χ4n) is 3.07. The summed E-state index contributed by atoms with van der Waals surface area (Å²) in [5.74, 6) is -2.09. The molecule has 0 saturated heterocycles. The zero-order valence-corrected chi connectivity index (χ0v) is 13.0. The highest BCUT2D eigenvalue weighted by Crippen LogP contribution is 2.32. The van der Waals surface area contributed by atoms with Crippen LogP contribution in [0.2, 0.25) is 0 Å². The molecule has 1 saturated carbocycles. The summed E-state index contributed by atoms with van der Waals surface area (Å²) in [7, 11) is 1.50. The third-order valence-electron chi connectivity index (χ3n) is 4.29. The number of carboxylic acid groups (broad SMARTS) is 1. The van der Waals surface area contributed by atoms with Gasteiger partial charge < -0.3 is 15.2 Å². The molecule has 0 bridgehead atoms. The second kappa shape index (κ2) is 7.63. The first-order valence-corrected chi connectivity index (χ1v) is 7.64. The first-order chi connectivity index (χ1) is 11.1. The normalized spacial score (nSPS) is 21.7. The minimum absolute atomic E-state index is 0.380. The average Bonchev–Trinajstić information content (AvgIpc) is 2.59. The Morgan fingerprint density at radius 1 is 1.30 bits per heavy atom. The highest BCUT2D eigenvalue weighted by molar-refractivity contribution is 5.85. The maximum absolute atomic E-state index is 12.5. The van der Waals surface area contributed by atoms with Crippen LogP contribution in [-0.4, -0.2) is 24.1 Å². The van der Waals surface area contributed by atoms with E-state index in [-0.39, 0.29) is 5.91 Å². The molecule has 1 amide bonds. The second-order valence-electron chi connectivity index (χ2n) is 5.65. The molecule has 23 heavy (non-hydrogen) atoms. The predicted molar refractivity (Wildman–Crippen MR) is 82.6 cm³/mol. The van der Waals surface area contributed by atoms with E-state index in [1.807, 2.05) is 6.07 Å². The summed E-state index contributed by atoms with van der Waals surface area (Å²) < 4.78 is 5.22. The fraction of sp³-hybridized carbons (Fsp3) is 0.471. The standard InChI is InChI=1S/C17H20N2O4/c1-23-15-9-5-4-8-13(15)14(10-18)19-16(20)11-6-2-3-7-12(11)17(21)22/h4-5,8-9,11-12,14H,2-3,6-7H2,1H3,(H,19,20)(H,21,22)/t11?,12?,14-/m0/s1. The summed E-state index contributed by atoms with van der Waals surface area (Å²) in [5, 5.41) is 21.3. The Labute approximate surface area is 135 Å². The lowest BCUT2D eigenvalue weighted by molar-refractivity contribution is -0.149. The molecule has 3 atom stereocenters. The van der Waals surface area contributed by atoms with E-state index in [0.29, 0.717) is 24.2 Å². The highest BCUT2D eigenvalue weighted by Gasteiger charge is 2.36. The molecular formula is C17H20N2O4. The Balaban J connectivity index is 2.16. The van der Waals surface area contributed by atoms with Crippen molar-refractivity contribution < 1.29 is 19.4 Å². The van der Waals surface area contributed by atoms with Crippen LogP contribution in [0.5, 0.6) is 5.75 Å². The average molecular weight is 316 g/mol. The first-order valence-electron chi connectivity index (χ1n) is 7.64. The molecule has 2 rings (SSSR count). The summed E-state index contributed by atoms with van der Waals surface area (Å²) in [4.78, 5) is 23.8. The number of carbonyl (C=O) groups excluding carboxylic acids is 1. The van der Waals surface area contributed by atoms with Gasteiger partial charge in [0.05, 0.1) is 25.0 Å². The fourth-order valence-corrected chi connectivity index (χ4v) is 3.07. The molecule has 1 aromatic rings. The first kappa shape index (κ1) is 16.8. The molecule has 1 aromatic carbocycles. The van der Waals surface area contributed by atoms with Crippen LogP contribution in [0.1, 0.15) is 37.3 Å². The van der Waals surface area contributed by atoms with Gasteiger partial charge in [-0.2, -0.15) is 5.26 Å².